The van der Waals surface area contributed by atoms with Crippen LogP contribution in [0.2, 0.25) is 5.02 Å². The lowest BCUT2D eigenvalue weighted by atomic mass is 10.2. The maximum atomic E-state index is 12.0. The molecule has 0 aliphatic heterocycles. The molecular weight excluding hydrogens is 308 g/mol. The fourth-order valence-electron chi connectivity index (χ4n) is 1.66. The van der Waals surface area contributed by atoms with E-state index in [-0.39, 0.29) is 11.8 Å². The van der Waals surface area contributed by atoms with E-state index in [2.05, 4.69) is 10.6 Å². The van der Waals surface area contributed by atoms with E-state index in [0.717, 1.165) is 5.56 Å². The standard InChI is InChI=1S/C15H15ClN2O2S/c1-9-5-6-11(8-12(9)16)18-14(19)10(2)17-15(20)13-4-3-7-21-13/h3-8,10H,1-2H3,(H,17,20)(H,18,19). The molecule has 2 amide bonds. The van der Waals surface area contributed by atoms with Crippen molar-refractivity contribution in [3.63, 3.8) is 0 Å². The molecule has 21 heavy (non-hydrogen) atoms. The Morgan fingerprint density at radius 1 is 1.29 bits per heavy atom. The van der Waals surface area contributed by atoms with E-state index in [1.807, 2.05) is 18.4 Å². The highest BCUT2D eigenvalue weighted by molar-refractivity contribution is 7.12. The number of carbonyl (C=O) groups excluding carboxylic acids is 2. The van der Waals surface area contributed by atoms with E-state index in [1.54, 1.807) is 31.2 Å². The molecule has 2 aromatic rings. The third-order valence-corrected chi connectivity index (χ3v) is 4.20. The van der Waals surface area contributed by atoms with Crippen LogP contribution < -0.4 is 10.6 Å². The van der Waals surface area contributed by atoms with E-state index >= 15 is 0 Å². The minimum Gasteiger partial charge on any atom is -0.340 e. The van der Waals surface area contributed by atoms with Crippen molar-refractivity contribution in [2.75, 3.05) is 5.32 Å². The van der Waals surface area contributed by atoms with Gasteiger partial charge in [0.05, 0.1) is 4.88 Å². The van der Waals surface area contributed by atoms with Crippen molar-refractivity contribution in [1.82, 2.24) is 5.32 Å². The molecule has 4 nitrogen and oxygen atoms in total. The van der Waals surface area contributed by atoms with Gasteiger partial charge in [0.15, 0.2) is 0 Å². The molecule has 6 heteroatoms. The molecule has 1 atom stereocenters. The molecule has 110 valence electrons. The van der Waals surface area contributed by atoms with Crippen molar-refractivity contribution in [1.29, 1.82) is 0 Å². The molecule has 0 fully saturated rings. The number of nitrogens with one attached hydrogen (secondary N) is 2. The maximum Gasteiger partial charge on any atom is 0.261 e. The van der Waals surface area contributed by atoms with Gasteiger partial charge in [-0.2, -0.15) is 0 Å². The Bertz CT molecular complexity index is 656. The van der Waals surface area contributed by atoms with Gasteiger partial charge in [-0.15, -0.1) is 11.3 Å². The molecule has 0 saturated carbocycles. The Kier molecular flexibility index (Phi) is 4.98. The Balaban J connectivity index is 1.96. The molecule has 2 rings (SSSR count). The number of rotatable bonds is 4. The summed E-state index contributed by atoms with van der Waals surface area (Å²) in [7, 11) is 0. The van der Waals surface area contributed by atoms with E-state index < -0.39 is 6.04 Å². The van der Waals surface area contributed by atoms with Crippen LogP contribution in [0.1, 0.15) is 22.2 Å². The maximum absolute atomic E-state index is 12.0. The third kappa shape index (κ3) is 4.06. The molecule has 0 spiro atoms. The molecule has 1 aromatic heterocycles. The highest BCUT2D eigenvalue weighted by Gasteiger charge is 2.17. The molecule has 0 aliphatic carbocycles. The van der Waals surface area contributed by atoms with Gasteiger partial charge < -0.3 is 10.6 Å². The number of benzene rings is 1. The molecule has 1 heterocycles. The Morgan fingerprint density at radius 3 is 2.67 bits per heavy atom. The second-order valence-electron chi connectivity index (χ2n) is 4.63. The number of carbonyl (C=O) groups is 2. The van der Waals surface area contributed by atoms with Crippen molar-refractivity contribution < 1.29 is 9.59 Å². The Hall–Kier alpha value is -1.85. The topological polar surface area (TPSA) is 58.2 Å². The number of aryl methyl sites for hydroxylation is 1. The van der Waals surface area contributed by atoms with Crippen molar-refractivity contribution >= 4 is 40.4 Å². The average molecular weight is 323 g/mol. The third-order valence-electron chi connectivity index (χ3n) is 2.93. The lowest BCUT2D eigenvalue weighted by Gasteiger charge is -2.14. The van der Waals surface area contributed by atoms with E-state index in [0.29, 0.717) is 15.6 Å². The van der Waals surface area contributed by atoms with E-state index in [9.17, 15) is 9.59 Å². The van der Waals surface area contributed by atoms with Gasteiger partial charge in [-0.05, 0) is 43.0 Å². The highest BCUT2D eigenvalue weighted by Crippen LogP contribution is 2.20. The monoisotopic (exact) mass is 322 g/mol. The summed E-state index contributed by atoms with van der Waals surface area (Å²) in [6, 6.07) is 8.14. The van der Waals surface area contributed by atoms with Crippen LogP contribution in [0, 0.1) is 6.92 Å². The Labute approximate surface area is 132 Å². The molecule has 0 radical (unpaired) electrons. The number of amides is 2. The first kappa shape index (κ1) is 15.5. The van der Waals surface area contributed by atoms with Crippen LogP contribution in [0.15, 0.2) is 35.7 Å². The van der Waals surface area contributed by atoms with E-state index in [1.165, 1.54) is 11.3 Å². The predicted octanol–water partition coefficient (Wildman–Crippen LogP) is 3.47. The minimum atomic E-state index is -0.639. The fraction of sp³-hybridized carbons (Fsp3) is 0.200. The molecule has 0 aliphatic rings. The number of thiophene rings is 1. The van der Waals surface area contributed by atoms with Gasteiger partial charge in [-0.1, -0.05) is 23.7 Å². The summed E-state index contributed by atoms with van der Waals surface area (Å²) in [5.41, 5.74) is 1.54. The zero-order valence-electron chi connectivity index (χ0n) is 11.6. The smallest absolute Gasteiger partial charge is 0.261 e. The summed E-state index contributed by atoms with van der Waals surface area (Å²) in [5, 5.41) is 7.78. The predicted molar refractivity (Wildman–Crippen MR) is 86.1 cm³/mol. The summed E-state index contributed by atoms with van der Waals surface area (Å²) in [5.74, 6) is -0.547. The van der Waals surface area contributed by atoms with Gasteiger partial charge >= 0.3 is 0 Å². The van der Waals surface area contributed by atoms with Crippen LogP contribution in [-0.2, 0) is 4.79 Å². The Morgan fingerprint density at radius 2 is 2.05 bits per heavy atom. The average Bonchev–Trinajstić information content (AvgIpc) is 2.97. The summed E-state index contributed by atoms with van der Waals surface area (Å²) < 4.78 is 0. The summed E-state index contributed by atoms with van der Waals surface area (Å²) >= 11 is 7.34. The number of hydrogen-bond donors (Lipinski definition) is 2. The number of hydrogen-bond acceptors (Lipinski definition) is 3. The lowest BCUT2D eigenvalue weighted by Crippen LogP contribution is -2.41. The largest absolute Gasteiger partial charge is 0.340 e. The van der Waals surface area contributed by atoms with Crippen LogP contribution in [0.3, 0.4) is 0 Å². The van der Waals surface area contributed by atoms with Crippen molar-refractivity contribution in [3.8, 4) is 0 Å². The van der Waals surface area contributed by atoms with Crippen molar-refractivity contribution in [2.45, 2.75) is 19.9 Å². The first-order valence-corrected chi connectivity index (χ1v) is 7.64. The minimum absolute atomic E-state index is 0.255. The molecule has 1 unspecified atom stereocenters. The lowest BCUT2D eigenvalue weighted by molar-refractivity contribution is -0.117. The van der Waals surface area contributed by atoms with Crippen molar-refractivity contribution in [3.05, 3.63) is 51.2 Å². The normalized spacial score (nSPS) is 11.8. The summed E-state index contributed by atoms with van der Waals surface area (Å²) in [4.78, 5) is 24.5. The zero-order chi connectivity index (χ0) is 15.4. The number of anilines is 1. The second kappa shape index (κ2) is 6.74. The van der Waals surface area contributed by atoms with Crippen LogP contribution >= 0.6 is 22.9 Å². The zero-order valence-corrected chi connectivity index (χ0v) is 13.2. The first-order valence-electron chi connectivity index (χ1n) is 6.39. The van der Waals surface area contributed by atoms with Crippen LogP contribution in [-0.4, -0.2) is 17.9 Å². The molecule has 2 N–H and O–H groups in total. The molecule has 1 aromatic carbocycles. The van der Waals surface area contributed by atoms with Crippen LogP contribution in [0.4, 0.5) is 5.69 Å². The van der Waals surface area contributed by atoms with Gasteiger partial charge in [-0.25, -0.2) is 0 Å². The van der Waals surface area contributed by atoms with E-state index in [4.69, 9.17) is 11.6 Å². The van der Waals surface area contributed by atoms with Gasteiger partial charge in [0.25, 0.3) is 5.91 Å². The molecular formula is C15H15ClN2O2S. The van der Waals surface area contributed by atoms with Gasteiger partial charge in [0.1, 0.15) is 6.04 Å². The van der Waals surface area contributed by atoms with Crippen LogP contribution in [0.5, 0.6) is 0 Å². The molecule has 0 bridgehead atoms. The van der Waals surface area contributed by atoms with Gasteiger partial charge in [0, 0.05) is 10.7 Å². The summed E-state index contributed by atoms with van der Waals surface area (Å²) in [6.07, 6.45) is 0. The van der Waals surface area contributed by atoms with Gasteiger partial charge in [-0.3, -0.25) is 9.59 Å². The highest BCUT2D eigenvalue weighted by atomic mass is 35.5. The van der Waals surface area contributed by atoms with Gasteiger partial charge in [0.2, 0.25) is 5.91 Å². The summed E-state index contributed by atoms with van der Waals surface area (Å²) in [6.45, 7) is 3.52. The SMILES string of the molecule is Cc1ccc(NC(=O)C(C)NC(=O)c2cccs2)cc1Cl. The molecule has 0 saturated heterocycles. The quantitative estimate of drug-likeness (QED) is 0.905. The van der Waals surface area contributed by atoms with Crippen LogP contribution in [0.25, 0.3) is 0 Å². The first-order chi connectivity index (χ1) is 9.97. The van der Waals surface area contributed by atoms with Crippen molar-refractivity contribution in [2.24, 2.45) is 0 Å². The number of halogens is 1. The second-order valence-corrected chi connectivity index (χ2v) is 5.98. The fourth-order valence-corrected chi connectivity index (χ4v) is 2.47.